The van der Waals surface area contributed by atoms with E-state index in [1.807, 2.05) is 6.08 Å². The number of allylic oxidation sites excluding steroid dienone is 1. The summed E-state index contributed by atoms with van der Waals surface area (Å²) in [5, 5.41) is 11.5. The molecule has 0 unspecified atom stereocenters. The van der Waals surface area contributed by atoms with Gasteiger partial charge in [-0.3, -0.25) is 0 Å². The summed E-state index contributed by atoms with van der Waals surface area (Å²) >= 11 is 0. The maximum Gasteiger partial charge on any atom is 0.0635 e. The summed E-state index contributed by atoms with van der Waals surface area (Å²) in [6, 6.07) is 2.11. The third kappa shape index (κ3) is 11.2. The highest BCUT2D eigenvalue weighted by molar-refractivity contribution is 4.70. The van der Waals surface area contributed by atoms with Crippen molar-refractivity contribution in [3.8, 4) is 6.07 Å². The standard InChI is InChI=1S/C11H20N2/c1-2-3-4-5-6-7-10-13-11-8-9-12/h2,13H,1,3-8,10-11H2. The minimum atomic E-state index is 0.621. The van der Waals surface area contributed by atoms with Gasteiger partial charge in [-0.05, 0) is 25.8 Å². The summed E-state index contributed by atoms with van der Waals surface area (Å²) in [6.07, 6.45) is 8.81. The maximum atomic E-state index is 8.27. The summed E-state index contributed by atoms with van der Waals surface area (Å²) < 4.78 is 0. The second kappa shape index (κ2) is 11.2. The SMILES string of the molecule is C=CCCCCCCNCCC#N. The number of hydrogen-bond acceptors (Lipinski definition) is 2. The van der Waals surface area contributed by atoms with Gasteiger partial charge in [0.25, 0.3) is 0 Å². The van der Waals surface area contributed by atoms with E-state index < -0.39 is 0 Å². The van der Waals surface area contributed by atoms with Crippen LogP contribution in [-0.2, 0) is 0 Å². The summed E-state index contributed by atoms with van der Waals surface area (Å²) in [4.78, 5) is 0. The van der Waals surface area contributed by atoms with Crippen LogP contribution >= 0.6 is 0 Å². The molecule has 0 heterocycles. The lowest BCUT2D eigenvalue weighted by atomic mass is 10.1. The van der Waals surface area contributed by atoms with Gasteiger partial charge < -0.3 is 5.32 Å². The summed E-state index contributed by atoms with van der Waals surface area (Å²) in [5.41, 5.74) is 0. The molecule has 0 aliphatic heterocycles. The fourth-order valence-corrected chi connectivity index (χ4v) is 1.16. The Kier molecular flexibility index (Phi) is 10.5. The first kappa shape index (κ1) is 12.2. The van der Waals surface area contributed by atoms with Crippen molar-refractivity contribution in [1.82, 2.24) is 5.32 Å². The molecule has 74 valence electrons. The molecule has 0 aromatic rings. The van der Waals surface area contributed by atoms with Crippen LogP contribution in [-0.4, -0.2) is 13.1 Å². The van der Waals surface area contributed by atoms with Crippen molar-refractivity contribution in [2.45, 2.75) is 38.5 Å². The van der Waals surface area contributed by atoms with E-state index in [9.17, 15) is 0 Å². The second-order valence-electron chi connectivity index (χ2n) is 3.15. The van der Waals surface area contributed by atoms with Crippen LogP contribution in [0.1, 0.15) is 38.5 Å². The molecule has 1 N–H and O–H groups in total. The molecule has 0 saturated carbocycles. The van der Waals surface area contributed by atoms with Gasteiger partial charge >= 0.3 is 0 Å². The van der Waals surface area contributed by atoms with Gasteiger partial charge in [-0.15, -0.1) is 6.58 Å². The molecule has 13 heavy (non-hydrogen) atoms. The zero-order valence-electron chi connectivity index (χ0n) is 8.39. The molecule has 0 fully saturated rings. The predicted molar refractivity (Wildman–Crippen MR) is 56.4 cm³/mol. The summed E-state index contributed by atoms with van der Waals surface area (Å²) in [5.74, 6) is 0. The van der Waals surface area contributed by atoms with E-state index in [0.29, 0.717) is 6.42 Å². The van der Waals surface area contributed by atoms with Gasteiger partial charge in [0.1, 0.15) is 0 Å². The number of nitrogens with zero attached hydrogens (tertiary/aromatic N) is 1. The molecule has 0 radical (unpaired) electrons. The lowest BCUT2D eigenvalue weighted by Crippen LogP contribution is -2.15. The first-order valence-corrected chi connectivity index (χ1v) is 5.10. The van der Waals surface area contributed by atoms with Gasteiger partial charge in [-0.2, -0.15) is 5.26 Å². The smallest absolute Gasteiger partial charge is 0.0635 e. The van der Waals surface area contributed by atoms with Gasteiger partial charge in [0.2, 0.25) is 0 Å². The quantitative estimate of drug-likeness (QED) is 0.437. The van der Waals surface area contributed by atoms with Crippen LogP contribution in [0.25, 0.3) is 0 Å². The Balaban J connectivity index is 2.84. The van der Waals surface area contributed by atoms with Crippen LogP contribution in [0.2, 0.25) is 0 Å². The van der Waals surface area contributed by atoms with Gasteiger partial charge in [0.15, 0.2) is 0 Å². The minimum absolute atomic E-state index is 0.621. The van der Waals surface area contributed by atoms with E-state index in [1.54, 1.807) is 0 Å². The molecule has 2 heteroatoms. The van der Waals surface area contributed by atoms with E-state index in [0.717, 1.165) is 19.5 Å². The topological polar surface area (TPSA) is 35.8 Å². The zero-order valence-corrected chi connectivity index (χ0v) is 8.39. The van der Waals surface area contributed by atoms with E-state index in [4.69, 9.17) is 5.26 Å². The van der Waals surface area contributed by atoms with E-state index in [-0.39, 0.29) is 0 Å². The van der Waals surface area contributed by atoms with E-state index in [1.165, 1.54) is 25.7 Å². The highest BCUT2D eigenvalue weighted by Gasteiger charge is 1.89. The highest BCUT2D eigenvalue weighted by atomic mass is 14.8. The maximum absolute atomic E-state index is 8.27. The average Bonchev–Trinajstić information content (AvgIpc) is 2.16. The number of rotatable bonds is 9. The molecule has 0 spiro atoms. The lowest BCUT2D eigenvalue weighted by Gasteiger charge is -2.01. The summed E-state index contributed by atoms with van der Waals surface area (Å²) in [7, 11) is 0. The molecule has 0 atom stereocenters. The van der Waals surface area contributed by atoms with Crippen LogP contribution < -0.4 is 5.32 Å². The Bertz CT molecular complexity index is 147. The largest absolute Gasteiger partial charge is 0.316 e. The summed E-state index contributed by atoms with van der Waals surface area (Å²) in [6.45, 7) is 5.57. The Morgan fingerprint density at radius 1 is 1.15 bits per heavy atom. The normalized spacial score (nSPS) is 9.46. The number of unbranched alkanes of at least 4 members (excludes halogenated alkanes) is 4. The first-order chi connectivity index (χ1) is 6.41. The van der Waals surface area contributed by atoms with E-state index in [2.05, 4.69) is 18.0 Å². The van der Waals surface area contributed by atoms with Gasteiger partial charge in [-0.1, -0.05) is 18.9 Å². The minimum Gasteiger partial charge on any atom is -0.316 e. The number of hydrogen-bond donors (Lipinski definition) is 1. The molecular formula is C11H20N2. The second-order valence-corrected chi connectivity index (χ2v) is 3.15. The van der Waals surface area contributed by atoms with Crippen molar-refractivity contribution in [2.75, 3.05) is 13.1 Å². The Hall–Kier alpha value is -0.810. The average molecular weight is 180 g/mol. The lowest BCUT2D eigenvalue weighted by molar-refractivity contribution is 0.594. The van der Waals surface area contributed by atoms with Crippen molar-refractivity contribution in [3.05, 3.63) is 12.7 Å². The third-order valence-corrected chi connectivity index (χ3v) is 1.93. The molecule has 0 saturated heterocycles. The fraction of sp³-hybridized carbons (Fsp3) is 0.727. The molecule has 2 nitrogen and oxygen atoms in total. The van der Waals surface area contributed by atoms with Crippen molar-refractivity contribution in [3.63, 3.8) is 0 Å². The molecule has 0 aromatic heterocycles. The van der Waals surface area contributed by atoms with Crippen LogP contribution in [0.3, 0.4) is 0 Å². The van der Waals surface area contributed by atoms with Crippen LogP contribution in [0, 0.1) is 11.3 Å². The number of nitrogens with one attached hydrogen (secondary N) is 1. The molecule has 0 bridgehead atoms. The van der Waals surface area contributed by atoms with Gasteiger partial charge in [-0.25, -0.2) is 0 Å². The zero-order chi connectivity index (χ0) is 9.78. The van der Waals surface area contributed by atoms with E-state index >= 15 is 0 Å². The molecule has 0 aromatic carbocycles. The fourth-order valence-electron chi connectivity index (χ4n) is 1.16. The molecule has 0 amide bonds. The van der Waals surface area contributed by atoms with Gasteiger partial charge in [0, 0.05) is 13.0 Å². The molecule has 0 aliphatic carbocycles. The third-order valence-electron chi connectivity index (χ3n) is 1.93. The van der Waals surface area contributed by atoms with Gasteiger partial charge in [0.05, 0.1) is 6.07 Å². The highest BCUT2D eigenvalue weighted by Crippen LogP contribution is 2.02. The molecular weight excluding hydrogens is 160 g/mol. The van der Waals surface area contributed by atoms with Crippen molar-refractivity contribution >= 4 is 0 Å². The van der Waals surface area contributed by atoms with Crippen molar-refractivity contribution in [2.24, 2.45) is 0 Å². The number of nitriles is 1. The molecule has 0 aliphatic rings. The monoisotopic (exact) mass is 180 g/mol. The Morgan fingerprint density at radius 2 is 1.92 bits per heavy atom. The molecule has 0 rings (SSSR count). The van der Waals surface area contributed by atoms with Crippen LogP contribution in [0.4, 0.5) is 0 Å². The van der Waals surface area contributed by atoms with Crippen molar-refractivity contribution in [1.29, 1.82) is 5.26 Å². The van der Waals surface area contributed by atoms with Crippen LogP contribution in [0.15, 0.2) is 12.7 Å². The van der Waals surface area contributed by atoms with Crippen LogP contribution in [0.5, 0.6) is 0 Å². The Labute approximate surface area is 81.6 Å². The first-order valence-electron chi connectivity index (χ1n) is 5.10. The Morgan fingerprint density at radius 3 is 2.62 bits per heavy atom. The van der Waals surface area contributed by atoms with Crippen molar-refractivity contribution < 1.29 is 0 Å². The predicted octanol–water partition coefficient (Wildman–Crippen LogP) is 2.63.